The minimum atomic E-state index is -0.462. The van der Waals surface area contributed by atoms with Crippen LogP contribution in [-0.4, -0.2) is 16.0 Å². The Morgan fingerprint density at radius 2 is 1.78 bits per heavy atom. The Balaban J connectivity index is 1.46. The number of nitrogens with one attached hydrogen (secondary N) is 1. The smallest absolute Gasteiger partial charge is 0.295 e. The highest BCUT2D eigenvalue weighted by Gasteiger charge is 2.13. The van der Waals surface area contributed by atoms with Crippen LogP contribution >= 0.6 is 23.4 Å². The third-order valence-corrected chi connectivity index (χ3v) is 6.44. The molecule has 0 radical (unpaired) electrons. The van der Waals surface area contributed by atoms with Crippen LogP contribution in [0.2, 0.25) is 5.02 Å². The molecule has 0 saturated heterocycles. The van der Waals surface area contributed by atoms with Crippen molar-refractivity contribution < 1.29 is 9.90 Å². The van der Waals surface area contributed by atoms with Gasteiger partial charge in [-0.2, -0.15) is 0 Å². The maximum Gasteiger partial charge on any atom is 0.295 e. The zero-order chi connectivity index (χ0) is 22.7. The zero-order valence-corrected chi connectivity index (χ0v) is 19.2. The molecule has 0 aliphatic heterocycles. The minimum absolute atomic E-state index is 0.105. The Hall–Kier alpha value is -3.09. The van der Waals surface area contributed by atoms with E-state index < -0.39 is 5.91 Å². The van der Waals surface area contributed by atoms with E-state index in [4.69, 9.17) is 11.6 Å². The molecule has 0 atom stereocenters. The highest BCUT2D eigenvalue weighted by atomic mass is 35.5. The molecule has 7 heteroatoms. The topological polar surface area (TPSA) is 77.8 Å². The number of aromatic amines is 1. The van der Waals surface area contributed by atoms with Gasteiger partial charge in [0.25, 0.3) is 5.91 Å². The summed E-state index contributed by atoms with van der Waals surface area (Å²) >= 11 is 7.61. The molecule has 5 nitrogen and oxygen atoms in total. The molecule has 1 aromatic heterocycles. The van der Waals surface area contributed by atoms with E-state index in [0.29, 0.717) is 16.5 Å². The van der Waals surface area contributed by atoms with Crippen LogP contribution in [0.5, 0.6) is 5.88 Å². The maximum atomic E-state index is 12.5. The van der Waals surface area contributed by atoms with Gasteiger partial charge in [0.15, 0.2) is 5.69 Å². The standard InChI is InChI=1S/C25H22ClN3O2S/c1-15(2)18-7-12-22-21(13-18)23(25(31)27-22)28-29-24(30)17-5-3-16(4-6-17)14-32-20-10-8-19(26)9-11-20/h3-13,15,27,31H,14H2,1-2H3. The summed E-state index contributed by atoms with van der Waals surface area (Å²) in [6.07, 6.45) is 0. The number of amides is 1. The van der Waals surface area contributed by atoms with E-state index in [2.05, 4.69) is 29.1 Å². The van der Waals surface area contributed by atoms with Gasteiger partial charge in [-0.25, -0.2) is 0 Å². The summed E-state index contributed by atoms with van der Waals surface area (Å²) in [7, 11) is 0. The van der Waals surface area contributed by atoms with Crippen molar-refractivity contribution in [2.24, 2.45) is 10.2 Å². The van der Waals surface area contributed by atoms with Crippen molar-refractivity contribution >= 4 is 45.9 Å². The second-order valence-electron chi connectivity index (χ2n) is 7.73. The van der Waals surface area contributed by atoms with Gasteiger partial charge in [0.2, 0.25) is 5.88 Å². The second-order valence-corrected chi connectivity index (χ2v) is 9.21. The SMILES string of the molecule is CC(C)c1ccc2[nH]c(O)c(N=NC(=O)c3ccc(CSc4ccc(Cl)cc4)cc3)c2c1. The van der Waals surface area contributed by atoms with Crippen LogP contribution in [0.15, 0.2) is 81.9 Å². The molecule has 2 N–H and O–H groups in total. The van der Waals surface area contributed by atoms with E-state index >= 15 is 0 Å². The number of H-pyrrole nitrogens is 1. The Kier molecular flexibility index (Phi) is 6.63. The second kappa shape index (κ2) is 9.59. The van der Waals surface area contributed by atoms with Gasteiger partial charge in [0.1, 0.15) is 0 Å². The monoisotopic (exact) mass is 463 g/mol. The van der Waals surface area contributed by atoms with E-state index in [1.807, 2.05) is 54.6 Å². The number of aromatic nitrogens is 1. The molecular formula is C25H22ClN3O2S. The van der Waals surface area contributed by atoms with Gasteiger partial charge < -0.3 is 10.1 Å². The summed E-state index contributed by atoms with van der Waals surface area (Å²) in [4.78, 5) is 16.5. The van der Waals surface area contributed by atoms with Crippen LogP contribution in [0.1, 0.15) is 41.3 Å². The van der Waals surface area contributed by atoms with Crippen molar-refractivity contribution in [1.29, 1.82) is 0 Å². The highest BCUT2D eigenvalue weighted by Crippen LogP contribution is 2.37. The van der Waals surface area contributed by atoms with Crippen molar-refractivity contribution in [1.82, 2.24) is 4.98 Å². The Morgan fingerprint density at radius 3 is 2.47 bits per heavy atom. The van der Waals surface area contributed by atoms with Crippen LogP contribution < -0.4 is 0 Å². The summed E-state index contributed by atoms with van der Waals surface area (Å²) in [6.45, 7) is 4.19. The van der Waals surface area contributed by atoms with Crippen molar-refractivity contribution in [2.45, 2.75) is 30.4 Å². The number of nitrogens with zero attached hydrogens (tertiary/aromatic N) is 2. The minimum Gasteiger partial charge on any atom is -0.493 e. The molecule has 0 fully saturated rings. The van der Waals surface area contributed by atoms with Crippen molar-refractivity contribution in [2.75, 3.05) is 0 Å². The number of carbonyl (C=O) groups excluding carboxylic acids is 1. The third-order valence-electron chi connectivity index (χ3n) is 5.10. The van der Waals surface area contributed by atoms with Crippen molar-refractivity contribution in [3.8, 4) is 5.88 Å². The molecule has 32 heavy (non-hydrogen) atoms. The van der Waals surface area contributed by atoms with Gasteiger partial charge in [0.05, 0.1) is 5.52 Å². The number of hydrogen-bond donors (Lipinski definition) is 2. The first-order chi connectivity index (χ1) is 15.4. The number of azo groups is 1. The van der Waals surface area contributed by atoms with E-state index in [0.717, 1.165) is 32.7 Å². The first-order valence-corrected chi connectivity index (χ1v) is 11.5. The third kappa shape index (κ3) is 5.03. The zero-order valence-electron chi connectivity index (χ0n) is 17.7. The molecule has 0 aliphatic rings. The van der Waals surface area contributed by atoms with Crippen LogP contribution in [0.25, 0.3) is 10.9 Å². The van der Waals surface area contributed by atoms with E-state index in [1.54, 1.807) is 23.9 Å². The first kappa shape index (κ1) is 22.1. The fraction of sp³-hybridized carbons (Fsp3) is 0.160. The number of halogens is 1. The number of rotatable bonds is 6. The number of hydrogen-bond acceptors (Lipinski definition) is 4. The lowest BCUT2D eigenvalue weighted by molar-refractivity contribution is 0.0995. The molecule has 4 rings (SSSR count). The van der Waals surface area contributed by atoms with Gasteiger partial charge in [-0.1, -0.05) is 43.6 Å². The average Bonchev–Trinajstić information content (AvgIpc) is 3.11. The highest BCUT2D eigenvalue weighted by molar-refractivity contribution is 7.98. The van der Waals surface area contributed by atoms with Crippen LogP contribution in [0, 0.1) is 0 Å². The maximum absolute atomic E-state index is 12.5. The number of aromatic hydroxyl groups is 1. The summed E-state index contributed by atoms with van der Waals surface area (Å²) < 4.78 is 0. The summed E-state index contributed by atoms with van der Waals surface area (Å²) in [5, 5.41) is 19.6. The van der Waals surface area contributed by atoms with Gasteiger partial charge in [-0.05, 0) is 65.6 Å². The average molecular weight is 464 g/mol. The molecule has 4 aromatic rings. The lowest BCUT2D eigenvalue weighted by Gasteiger charge is -2.04. The molecule has 162 valence electrons. The lowest BCUT2D eigenvalue weighted by atomic mass is 10.0. The predicted molar refractivity (Wildman–Crippen MR) is 130 cm³/mol. The van der Waals surface area contributed by atoms with E-state index in [9.17, 15) is 9.90 Å². The Bertz CT molecular complexity index is 1280. The summed E-state index contributed by atoms with van der Waals surface area (Å²) in [5.41, 5.74) is 3.67. The largest absolute Gasteiger partial charge is 0.493 e. The van der Waals surface area contributed by atoms with Gasteiger partial charge in [0, 0.05) is 26.6 Å². The fourth-order valence-electron chi connectivity index (χ4n) is 3.24. The fourth-order valence-corrected chi connectivity index (χ4v) is 4.22. The summed E-state index contributed by atoms with van der Waals surface area (Å²) in [5.74, 6) is 0.542. The number of fused-ring (bicyclic) bond motifs is 1. The number of thioether (sulfide) groups is 1. The molecule has 1 heterocycles. The van der Waals surface area contributed by atoms with Gasteiger partial charge in [-0.3, -0.25) is 4.79 Å². The van der Waals surface area contributed by atoms with Crippen LogP contribution in [-0.2, 0) is 5.75 Å². The number of benzene rings is 3. The molecule has 1 amide bonds. The molecule has 0 saturated carbocycles. The van der Waals surface area contributed by atoms with Crippen molar-refractivity contribution in [3.05, 3.63) is 88.4 Å². The molecule has 0 spiro atoms. The Labute approximate surface area is 195 Å². The quantitative estimate of drug-likeness (QED) is 0.225. The van der Waals surface area contributed by atoms with Gasteiger partial charge in [-0.15, -0.1) is 22.0 Å². The number of carbonyl (C=O) groups is 1. The summed E-state index contributed by atoms with van der Waals surface area (Å²) in [6, 6.07) is 20.8. The molecule has 0 unspecified atom stereocenters. The van der Waals surface area contributed by atoms with Crippen LogP contribution in [0.3, 0.4) is 0 Å². The molecule has 3 aromatic carbocycles. The first-order valence-electron chi connectivity index (χ1n) is 10.2. The normalized spacial score (nSPS) is 11.6. The van der Waals surface area contributed by atoms with Crippen LogP contribution in [0.4, 0.5) is 5.69 Å². The Morgan fingerprint density at radius 1 is 1.06 bits per heavy atom. The van der Waals surface area contributed by atoms with Gasteiger partial charge >= 0.3 is 0 Å². The molecule has 0 bridgehead atoms. The van der Waals surface area contributed by atoms with E-state index in [1.165, 1.54) is 0 Å². The lowest BCUT2D eigenvalue weighted by Crippen LogP contribution is -1.94. The van der Waals surface area contributed by atoms with Crippen molar-refractivity contribution in [3.63, 3.8) is 0 Å². The molecular weight excluding hydrogens is 442 g/mol. The predicted octanol–water partition coefficient (Wildman–Crippen LogP) is 7.87. The van der Waals surface area contributed by atoms with E-state index in [-0.39, 0.29) is 11.6 Å². The molecule has 0 aliphatic carbocycles.